The van der Waals surface area contributed by atoms with E-state index in [1.807, 2.05) is 0 Å². The van der Waals surface area contributed by atoms with E-state index >= 15 is 0 Å². The molecule has 1 aromatic rings. The van der Waals surface area contributed by atoms with Gasteiger partial charge in [-0.3, -0.25) is 0 Å². The molecule has 1 atom stereocenters. The van der Waals surface area contributed by atoms with E-state index < -0.39 is 0 Å². The Balaban J connectivity index is 3.38. The molecule has 0 radical (unpaired) electrons. The largest absolute Gasteiger partial charge is 0.496 e. The standard InChI is InChI=1S/C15H24O2/c1-9(2)13(8-16)15-10(3)7-14(17-6)11(4)12(15)5/h7,9,13,16H,8H2,1-6H3. The maximum atomic E-state index is 9.58. The van der Waals surface area contributed by atoms with E-state index in [0.29, 0.717) is 5.92 Å². The van der Waals surface area contributed by atoms with Crippen LogP contribution in [-0.4, -0.2) is 18.8 Å². The van der Waals surface area contributed by atoms with Crippen LogP contribution in [0.15, 0.2) is 6.07 Å². The highest BCUT2D eigenvalue weighted by Gasteiger charge is 2.21. The van der Waals surface area contributed by atoms with Crippen LogP contribution in [0.25, 0.3) is 0 Å². The van der Waals surface area contributed by atoms with E-state index in [4.69, 9.17) is 4.74 Å². The second kappa shape index (κ2) is 5.54. The third kappa shape index (κ3) is 2.63. The summed E-state index contributed by atoms with van der Waals surface area (Å²) in [6.07, 6.45) is 0. The number of aryl methyl sites for hydroxylation is 1. The van der Waals surface area contributed by atoms with Crippen molar-refractivity contribution < 1.29 is 9.84 Å². The molecule has 0 amide bonds. The third-order valence-electron chi connectivity index (χ3n) is 3.70. The van der Waals surface area contributed by atoms with Crippen LogP contribution in [0.2, 0.25) is 0 Å². The fraction of sp³-hybridized carbons (Fsp3) is 0.600. The minimum Gasteiger partial charge on any atom is -0.496 e. The highest BCUT2D eigenvalue weighted by atomic mass is 16.5. The SMILES string of the molecule is COc1cc(C)c(C(CO)C(C)C)c(C)c1C. The molecule has 0 fully saturated rings. The van der Waals surface area contributed by atoms with Gasteiger partial charge in [-0.1, -0.05) is 13.8 Å². The zero-order valence-electron chi connectivity index (χ0n) is 11.8. The number of hydrogen-bond acceptors (Lipinski definition) is 2. The van der Waals surface area contributed by atoms with Crippen molar-refractivity contribution in [1.29, 1.82) is 0 Å². The van der Waals surface area contributed by atoms with Crippen LogP contribution in [0, 0.1) is 26.7 Å². The molecule has 0 heterocycles. The van der Waals surface area contributed by atoms with Crippen molar-refractivity contribution in [1.82, 2.24) is 0 Å². The first-order valence-electron chi connectivity index (χ1n) is 6.19. The minimum absolute atomic E-state index is 0.200. The topological polar surface area (TPSA) is 29.5 Å². The van der Waals surface area contributed by atoms with Crippen molar-refractivity contribution in [2.75, 3.05) is 13.7 Å². The third-order valence-corrected chi connectivity index (χ3v) is 3.70. The Bertz CT molecular complexity index is 394. The maximum Gasteiger partial charge on any atom is 0.122 e. The van der Waals surface area contributed by atoms with Gasteiger partial charge in [0.05, 0.1) is 13.7 Å². The van der Waals surface area contributed by atoms with Gasteiger partial charge >= 0.3 is 0 Å². The fourth-order valence-corrected chi connectivity index (χ4v) is 2.48. The Hall–Kier alpha value is -1.02. The number of aliphatic hydroxyl groups is 1. The lowest BCUT2D eigenvalue weighted by Crippen LogP contribution is -2.15. The highest BCUT2D eigenvalue weighted by molar-refractivity contribution is 5.49. The van der Waals surface area contributed by atoms with Gasteiger partial charge in [-0.15, -0.1) is 0 Å². The average molecular weight is 236 g/mol. The Kier molecular flexibility index (Phi) is 4.58. The van der Waals surface area contributed by atoms with Crippen molar-refractivity contribution in [3.8, 4) is 5.75 Å². The summed E-state index contributed by atoms with van der Waals surface area (Å²) >= 11 is 0. The molecule has 0 aliphatic rings. The average Bonchev–Trinajstić information content (AvgIpc) is 2.28. The normalized spacial score (nSPS) is 12.9. The number of aliphatic hydroxyl groups excluding tert-OH is 1. The van der Waals surface area contributed by atoms with Gasteiger partial charge in [0, 0.05) is 5.92 Å². The molecule has 0 aromatic heterocycles. The Morgan fingerprint density at radius 1 is 1.18 bits per heavy atom. The quantitative estimate of drug-likeness (QED) is 0.868. The summed E-state index contributed by atoms with van der Waals surface area (Å²) in [5, 5.41) is 9.58. The number of methoxy groups -OCH3 is 1. The number of benzene rings is 1. The molecule has 2 nitrogen and oxygen atoms in total. The number of rotatable bonds is 4. The molecule has 17 heavy (non-hydrogen) atoms. The van der Waals surface area contributed by atoms with Crippen LogP contribution in [0.3, 0.4) is 0 Å². The molecule has 1 unspecified atom stereocenters. The first-order valence-corrected chi connectivity index (χ1v) is 6.19. The smallest absolute Gasteiger partial charge is 0.122 e. The van der Waals surface area contributed by atoms with Gasteiger partial charge in [-0.25, -0.2) is 0 Å². The summed E-state index contributed by atoms with van der Waals surface area (Å²) < 4.78 is 5.37. The predicted octanol–water partition coefficient (Wildman–Crippen LogP) is 3.35. The van der Waals surface area contributed by atoms with Crippen molar-refractivity contribution in [3.63, 3.8) is 0 Å². The summed E-state index contributed by atoms with van der Waals surface area (Å²) in [6.45, 7) is 10.8. The van der Waals surface area contributed by atoms with Gasteiger partial charge in [0.1, 0.15) is 5.75 Å². The van der Waals surface area contributed by atoms with Crippen LogP contribution >= 0.6 is 0 Å². The molecular formula is C15H24O2. The lowest BCUT2D eigenvalue weighted by Gasteiger charge is -2.25. The second-order valence-electron chi connectivity index (χ2n) is 5.09. The van der Waals surface area contributed by atoms with Gasteiger partial charge in [-0.05, 0) is 55.0 Å². The number of hydrogen-bond donors (Lipinski definition) is 1. The summed E-state index contributed by atoms with van der Waals surface area (Å²) in [4.78, 5) is 0. The monoisotopic (exact) mass is 236 g/mol. The van der Waals surface area contributed by atoms with Crippen LogP contribution in [0.5, 0.6) is 5.75 Å². The van der Waals surface area contributed by atoms with E-state index in [1.54, 1.807) is 7.11 Å². The molecule has 0 aliphatic carbocycles. The molecule has 1 aromatic carbocycles. The molecule has 0 saturated heterocycles. The van der Waals surface area contributed by atoms with Gasteiger partial charge < -0.3 is 9.84 Å². The molecular weight excluding hydrogens is 212 g/mol. The lowest BCUT2D eigenvalue weighted by molar-refractivity contribution is 0.236. The van der Waals surface area contributed by atoms with Crippen molar-refractivity contribution in [2.24, 2.45) is 5.92 Å². The van der Waals surface area contributed by atoms with Gasteiger partial charge in [0.25, 0.3) is 0 Å². The summed E-state index contributed by atoms with van der Waals surface area (Å²) in [6, 6.07) is 2.07. The molecule has 2 heteroatoms. The van der Waals surface area contributed by atoms with Crippen molar-refractivity contribution in [3.05, 3.63) is 28.3 Å². The number of ether oxygens (including phenoxy) is 1. The molecule has 1 N–H and O–H groups in total. The zero-order chi connectivity index (χ0) is 13.2. The predicted molar refractivity (Wildman–Crippen MR) is 71.9 cm³/mol. The molecule has 0 bridgehead atoms. The Labute approximate surface area is 105 Å². The maximum absolute atomic E-state index is 9.58. The zero-order valence-corrected chi connectivity index (χ0v) is 11.8. The highest BCUT2D eigenvalue weighted by Crippen LogP contribution is 2.35. The van der Waals surface area contributed by atoms with Crippen LogP contribution in [0.1, 0.15) is 42.0 Å². The first kappa shape index (κ1) is 14.0. The van der Waals surface area contributed by atoms with E-state index in [1.165, 1.54) is 22.3 Å². The minimum atomic E-state index is 0.200. The Morgan fingerprint density at radius 2 is 1.76 bits per heavy atom. The first-order chi connectivity index (χ1) is 7.93. The molecule has 0 aliphatic heterocycles. The summed E-state index contributed by atoms with van der Waals surface area (Å²) in [5.41, 5.74) is 4.90. The van der Waals surface area contributed by atoms with Crippen LogP contribution in [0.4, 0.5) is 0 Å². The van der Waals surface area contributed by atoms with E-state index in [-0.39, 0.29) is 12.5 Å². The molecule has 0 saturated carbocycles. The van der Waals surface area contributed by atoms with Crippen LogP contribution in [-0.2, 0) is 0 Å². The summed E-state index contributed by atoms with van der Waals surface area (Å²) in [5.74, 6) is 1.58. The molecule has 96 valence electrons. The van der Waals surface area contributed by atoms with E-state index in [0.717, 1.165) is 5.75 Å². The lowest BCUT2D eigenvalue weighted by atomic mass is 9.82. The molecule has 0 spiro atoms. The van der Waals surface area contributed by atoms with Gasteiger partial charge in [-0.2, -0.15) is 0 Å². The van der Waals surface area contributed by atoms with Crippen LogP contribution < -0.4 is 4.74 Å². The van der Waals surface area contributed by atoms with Crippen molar-refractivity contribution >= 4 is 0 Å². The Morgan fingerprint density at radius 3 is 2.18 bits per heavy atom. The summed E-state index contributed by atoms with van der Waals surface area (Å²) in [7, 11) is 1.70. The second-order valence-corrected chi connectivity index (χ2v) is 5.09. The van der Waals surface area contributed by atoms with E-state index in [2.05, 4.69) is 40.7 Å². The fourth-order valence-electron chi connectivity index (χ4n) is 2.48. The van der Waals surface area contributed by atoms with E-state index in [9.17, 15) is 5.11 Å². The molecule has 1 rings (SSSR count). The van der Waals surface area contributed by atoms with Gasteiger partial charge in [0.15, 0.2) is 0 Å². The van der Waals surface area contributed by atoms with Gasteiger partial charge in [0.2, 0.25) is 0 Å². The van der Waals surface area contributed by atoms with Crippen molar-refractivity contribution in [2.45, 2.75) is 40.5 Å².